The first-order valence-electron chi connectivity index (χ1n) is 5.63. The third kappa shape index (κ3) is 2.27. The lowest BCUT2D eigenvalue weighted by Gasteiger charge is -2.01. The summed E-state index contributed by atoms with van der Waals surface area (Å²) in [6, 6.07) is 9.58. The highest BCUT2D eigenvalue weighted by Gasteiger charge is 2.19. The maximum Gasteiger partial charge on any atom is 0.249 e. The van der Waals surface area contributed by atoms with Crippen molar-refractivity contribution in [1.29, 1.82) is 0 Å². The molecule has 19 heavy (non-hydrogen) atoms. The van der Waals surface area contributed by atoms with Gasteiger partial charge in [0.05, 0.1) is 5.56 Å². The summed E-state index contributed by atoms with van der Waals surface area (Å²) in [4.78, 5) is 5.08. The predicted octanol–water partition coefficient (Wildman–Crippen LogP) is 2.99. The van der Waals surface area contributed by atoms with Crippen LogP contribution in [0.4, 0.5) is 4.39 Å². The van der Waals surface area contributed by atoms with E-state index in [4.69, 9.17) is 10.3 Å². The van der Waals surface area contributed by atoms with Crippen LogP contribution in [0.2, 0.25) is 0 Å². The molecule has 0 aliphatic rings. The van der Waals surface area contributed by atoms with Gasteiger partial charge in [-0.25, -0.2) is 4.39 Å². The van der Waals surface area contributed by atoms with Gasteiger partial charge in [-0.2, -0.15) is 4.98 Å². The van der Waals surface area contributed by atoms with Crippen LogP contribution in [0.5, 0.6) is 0 Å². The molecular weight excluding hydrogens is 265 g/mol. The van der Waals surface area contributed by atoms with E-state index in [1.165, 1.54) is 17.4 Å². The van der Waals surface area contributed by atoms with Crippen molar-refractivity contribution in [2.75, 3.05) is 0 Å². The minimum atomic E-state index is -0.479. The molecule has 1 unspecified atom stereocenters. The Morgan fingerprint density at radius 2 is 2.05 bits per heavy atom. The Labute approximate surface area is 112 Å². The molecular formula is C13H10FN3OS. The topological polar surface area (TPSA) is 64.9 Å². The lowest BCUT2D eigenvalue weighted by Crippen LogP contribution is -2.10. The van der Waals surface area contributed by atoms with E-state index in [9.17, 15) is 4.39 Å². The van der Waals surface area contributed by atoms with E-state index in [0.717, 1.165) is 4.88 Å². The number of nitrogens with zero attached hydrogens (tertiary/aromatic N) is 2. The van der Waals surface area contributed by atoms with Gasteiger partial charge in [-0.1, -0.05) is 23.4 Å². The van der Waals surface area contributed by atoms with E-state index in [1.807, 2.05) is 17.5 Å². The zero-order valence-electron chi connectivity index (χ0n) is 9.79. The summed E-state index contributed by atoms with van der Waals surface area (Å²) in [5.41, 5.74) is 6.31. The minimum Gasteiger partial charge on any atom is -0.337 e. The molecule has 0 saturated carbocycles. The number of nitrogens with two attached hydrogens (primary N) is 1. The molecule has 0 spiro atoms. The number of rotatable bonds is 3. The van der Waals surface area contributed by atoms with Crippen molar-refractivity contribution in [2.24, 2.45) is 5.73 Å². The van der Waals surface area contributed by atoms with Crippen molar-refractivity contribution in [3.63, 3.8) is 0 Å². The molecule has 0 saturated heterocycles. The quantitative estimate of drug-likeness (QED) is 0.798. The second-order valence-electron chi connectivity index (χ2n) is 3.93. The second kappa shape index (κ2) is 4.91. The molecule has 0 fully saturated rings. The molecule has 4 nitrogen and oxygen atoms in total. The van der Waals surface area contributed by atoms with Gasteiger partial charge < -0.3 is 10.3 Å². The molecule has 6 heteroatoms. The van der Waals surface area contributed by atoms with Gasteiger partial charge in [0, 0.05) is 4.88 Å². The Morgan fingerprint density at radius 1 is 1.21 bits per heavy atom. The predicted molar refractivity (Wildman–Crippen MR) is 70.0 cm³/mol. The Balaban J connectivity index is 1.94. The molecule has 2 aromatic heterocycles. The van der Waals surface area contributed by atoms with E-state index >= 15 is 0 Å². The Morgan fingerprint density at radius 3 is 2.79 bits per heavy atom. The average Bonchev–Trinajstić information content (AvgIpc) is 3.10. The normalized spacial score (nSPS) is 12.5. The smallest absolute Gasteiger partial charge is 0.249 e. The van der Waals surface area contributed by atoms with Crippen molar-refractivity contribution in [3.05, 3.63) is 58.4 Å². The largest absolute Gasteiger partial charge is 0.337 e. The van der Waals surface area contributed by atoms with Crippen molar-refractivity contribution < 1.29 is 8.91 Å². The Bertz CT molecular complexity index is 681. The third-order valence-electron chi connectivity index (χ3n) is 2.67. The lowest BCUT2D eigenvalue weighted by molar-refractivity contribution is 0.368. The van der Waals surface area contributed by atoms with Gasteiger partial charge >= 0.3 is 0 Å². The SMILES string of the molecule is NC(c1nc(-c2ccccc2F)no1)c1cccs1. The maximum atomic E-state index is 13.6. The fourth-order valence-electron chi connectivity index (χ4n) is 1.70. The Kier molecular flexibility index (Phi) is 3.10. The standard InChI is InChI=1S/C13H10FN3OS/c14-9-5-2-1-4-8(9)12-16-13(18-17-12)11(15)10-6-3-7-19-10/h1-7,11H,15H2. The molecule has 3 rings (SSSR count). The summed E-state index contributed by atoms with van der Waals surface area (Å²) < 4.78 is 18.7. The molecule has 2 heterocycles. The van der Waals surface area contributed by atoms with Gasteiger partial charge in [-0.15, -0.1) is 11.3 Å². The number of hydrogen-bond acceptors (Lipinski definition) is 5. The maximum absolute atomic E-state index is 13.6. The van der Waals surface area contributed by atoms with Crippen molar-refractivity contribution in [2.45, 2.75) is 6.04 Å². The number of thiophene rings is 1. The Hall–Kier alpha value is -2.05. The average molecular weight is 275 g/mol. The first-order chi connectivity index (χ1) is 9.25. The van der Waals surface area contributed by atoms with Crippen LogP contribution in [0, 0.1) is 5.82 Å². The summed E-state index contributed by atoms with van der Waals surface area (Å²) in [5, 5.41) is 5.70. The van der Waals surface area contributed by atoms with Gasteiger partial charge in [-0.3, -0.25) is 0 Å². The molecule has 1 atom stereocenters. The van der Waals surface area contributed by atoms with Crippen molar-refractivity contribution in [1.82, 2.24) is 10.1 Å². The van der Waals surface area contributed by atoms with Gasteiger partial charge in [0.15, 0.2) is 0 Å². The van der Waals surface area contributed by atoms with E-state index < -0.39 is 6.04 Å². The third-order valence-corrected chi connectivity index (χ3v) is 3.63. The molecule has 96 valence electrons. The van der Waals surface area contributed by atoms with Crippen LogP contribution in [0.1, 0.15) is 16.8 Å². The van der Waals surface area contributed by atoms with Crippen LogP contribution in [0.3, 0.4) is 0 Å². The highest BCUT2D eigenvalue weighted by molar-refractivity contribution is 7.10. The molecule has 0 aliphatic carbocycles. The van der Waals surface area contributed by atoms with Crippen molar-refractivity contribution in [3.8, 4) is 11.4 Å². The fraction of sp³-hybridized carbons (Fsp3) is 0.0769. The van der Waals surface area contributed by atoms with Crippen LogP contribution in [0.15, 0.2) is 46.3 Å². The minimum absolute atomic E-state index is 0.208. The molecule has 3 aromatic rings. The molecule has 0 amide bonds. The van der Waals surface area contributed by atoms with E-state index in [-0.39, 0.29) is 17.5 Å². The molecule has 1 aromatic carbocycles. The summed E-state index contributed by atoms with van der Waals surface area (Å²) >= 11 is 1.51. The lowest BCUT2D eigenvalue weighted by atomic mass is 10.2. The highest BCUT2D eigenvalue weighted by Crippen LogP contribution is 2.25. The molecule has 2 N–H and O–H groups in total. The van der Waals surface area contributed by atoms with Gasteiger partial charge in [0.1, 0.15) is 11.9 Å². The molecule has 0 aliphatic heterocycles. The van der Waals surface area contributed by atoms with Gasteiger partial charge in [-0.05, 0) is 23.6 Å². The van der Waals surface area contributed by atoms with Crippen LogP contribution >= 0.6 is 11.3 Å². The van der Waals surface area contributed by atoms with E-state index in [1.54, 1.807) is 18.2 Å². The second-order valence-corrected chi connectivity index (χ2v) is 4.91. The van der Waals surface area contributed by atoms with E-state index in [0.29, 0.717) is 5.56 Å². The summed E-state index contributed by atoms with van der Waals surface area (Å²) in [6.07, 6.45) is 0. The first kappa shape index (κ1) is 12.0. The first-order valence-corrected chi connectivity index (χ1v) is 6.51. The number of benzene rings is 1. The molecule has 0 radical (unpaired) electrons. The number of halogens is 1. The van der Waals surface area contributed by atoms with E-state index in [2.05, 4.69) is 10.1 Å². The summed E-state index contributed by atoms with van der Waals surface area (Å²) in [5.74, 6) is 0.0976. The highest BCUT2D eigenvalue weighted by atomic mass is 32.1. The van der Waals surface area contributed by atoms with Crippen LogP contribution in [-0.4, -0.2) is 10.1 Å². The monoisotopic (exact) mass is 275 g/mol. The van der Waals surface area contributed by atoms with Gasteiger partial charge in [0.25, 0.3) is 0 Å². The number of aromatic nitrogens is 2. The summed E-state index contributed by atoms with van der Waals surface area (Å²) in [6.45, 7) is 0. The summed E-state index contributed by atoms with van der Waals surface area (Å²) in [7, 11) is 0. The number of hydrogen-bond donors (Lipinski definition) is 1. The zero-order chi connectivity index (χ0) is 13.2. The van der Waals surface area contributed by atoms with Crippen LogP contribution in [-0.2, 0) is 0 Å². The van der Waals surface area contributed by atoms with Crippen molar-refractivity contribution >= 4 is 11.3 Å². The van der Waals surface area contributed by atoms with Crippen LogP contribution < -0.4 is 5.73 Å². The fourth-order valence-corrected chi connectivity index (χ4v) is 2.42. The zero-order valence-corrected chi connectivity index (χ0v) is 10.6. The van der Waals surface area contributed by atoms with Crippen LogP contribution in [0.25, 0.3) is 11.4 Å². The molecule has 0 bridgehead atoms. The van der Waals surface area contributed by atoms with Gasteiger partial charge in [0.2, 0.25) is 11.7 Å².